The molecule has 0 bridgehead atoms. The van der Waals surface area contributed by atoms with Crippen molar-refractivity contribution in [2.24, 2.45) is 17.1 Å². The Morgan fingerprint density at radius 2 is 1.84 bits per heavy atom. The van der Waals surface area contributed by atoms with Crippen molar-refractivity contribution in [2.75, 3.05) is 18.5 Å². The molecule has 0 unspecified atom stereocenters. The molecule has 0 spiro atoms. The van der Waals surface area contributed by atoms with E-state index in [1.807, 2.05) is 7.05 Å². The number of rotatable bonds is 3. The third kappa shape index (κ3) is 2.52. The summed E-state index contributed by atoms with van der Waals surface area (Å²) in [4.78, 5) is 14.5. The number of carbonyl (C=O) groups is 1. The van der Waals surface area contributed by atoms with Crippen LogP contribution in [0.1, 0.15) is 30.9 Å². The zero-order valence-electron chi connectivity index (χ0n) is 12.4. The Hall–Kier alpha value is -1.35. The maximum atomic E-state index is 12.7. The Bertz CT molecular complexity index is 469. The van der Waals surface area contributed by atoms with Gasteiger partial charge >= 0.3 is 0 Å². The van der Waals surface area contributed by atoms with E-state index in [-0.39, 0.29) is 11.3 Å². The highest BCUT2D eigenvalue weighted by Crippen LogP contribution is 2.46. The number of carbonyl (C=O) groups excluding carboxylic acids is 1. The van der Waals surface area contributed by atoms with E-state index in [1.54, 1.807) is 4.90 Å². The predicted molar refractivity (Wildman–Crippen MR) is 79.2 cm³/mol. The third-order valence-electron chi connectivity index (χ3n) is 4.22. The molecule has 104 valence electrons. The first kappa shape index (κ1) is 14.1. The largest absolute Gasteiger partial charge is 0.329 e. The molecule has 3 heteroatoms. The average Bonchev–Trinajstić information content (AvgIpc) is 2.31. The summed E-state index contributed by atoms with van der Waals surface area (Å²) in [6.07, 6.45) is 1.83. The Labute approximate surface area is 115 Å². The van der Waals surface area contributed by atoms with Crippen LogP contribution in [0.15, 0.2) is 18.2 Å². The number of hydrogen-bond acceptors (Lipinski definition) is 2. The summed E-state index contributed by atoms with van der Waals surface area (Å²) < 4.78 is 0. The van der Waals surface area contributed by atoms with Crippen LogP contribution in [0.2, 0.25) is 0 Å². The number of benzene rings is 1. The van der Waals surface area contributed by atoms with Gasteiger partial charge in [0.2, 0.25) is 5.91 Å². The van der Waals surface area contributed by atoms with Gasteiger partial charge in [0.1, 0.15) is 0 Å². The average molecular weight is 260 g/mol. The molecular weight excluding hydrogens is 236 g/mol. The highest BCUT2D eigenvalue weighted by atomic mass is 16.2. The Kier molecular flexibility index (Phi) is 3.68. The third-order valence-corrected chi connectivity index (χ3v) is 4.22. The second-order valence-corrected chi connectivity index (χ2v) is 6.21. The molecule has 2 N–H and O–H groups in total. The fourth-order valence-corrected chi connectivity index (χ4v) is 3.32. The van der Waals surface area contributed by atoms with Gasteiger partial charge in [-0.3, -0.25) is 4.79 Å². The van der Waals surface area contributed by atoms with Crippen molar-refractivity contribution in [3.05, 3.63) is 29.3 Å². The molecule has 1 fully saturated rings. The van der Waals surface area contributed by atoms with Crippen molar-refractivity contribution in [1.82, 2.24) is 0 Å². The second kappa shape index (κ2) is 4.97. The Morgan fingerprint density at radius 1 is 1.32 bits per heavy atom. The maximum Gasteiger partial charge on any atom is 0.234 e. The van der Waals surface area contributed by atoms with E-state index in [2.05, 4.69) is 39.0 Å². The molecule has 1 amide bonds. The maximum absolute atomic E-state index is 12.7. The van der Waals surface area contributed by atoms with Gasteiger partial charge in [-0.2, -0.15) is 0 Å². The lowest BCUT2D eigenvalue weighted by molar-refractivity contribution is -0.134. The number of anilines is 1. The van der Waals surface area contributed by atoms with Crippen LogP contribution in [-0.2, 0) is 4.79 Å². The smallest absolute Gasteiger partial charge is 0.234 e. The second-order valence-electron chi connectivity index (χ2n) is 6.21. The number of nitrogens with two attached hydrogens (primary N) is 1. The summed E-state index contributed by atoms with van der Waals surface area (Å²) in [5.41, 5.74) is 8.86. The van der Waals surface area contributed by atoms with Crippen LogP contribution in [0.4, 0.5) is 5.69 Å². The van der Waals surface area contributed by atoms with Crippen molar-refractivity contribution < 1.29 is 4.79 Å². The first-order valence-electron chi connectivity index (χ1n) is 6.94. The number of aryl methyl sites for hydroxylation is 2. The summed E-state index contributed by atoms with van der Waals surface area (Å²) in [7, 11) is 1.86. The highest BCUT2D eigenvalue weighted by molar-refractivity contribution is 5.98. The number of amides is 1. The summed E-state index contributed by atoms with van der Waals surface area (Å²) in [6.45, 7) is 6.74. The van der Waals surface area contributed by atoms with E-state index < -0.39 is 0 Å². The van der Waals surface area contributed by atoms with E-state index in [1.165, 1.54) is 11.1 Å². The molecule has 1 aromatic carbocycles. The van der Waals surface area contributed by atoms with E-state index in [4.69, 9.17) is 5.73 Å². The molecule has 0 radical (unpaired) electrons. The van der Waals surface area contributed by atoms with Crippen LogP contribution >= 0.6 is 0 Å². The van der Waals surface area contributed by atoms with Crippen molar-refractivity contribution >= 4 is 11.6 Å². The first-order chi connectivity index (χ1) is 8.88. The van der Waals surface area contributed by atoms with Crippen LogP contribution in [-0.4, -0.2) is 19.5 Å². The molecular formula is C16H24N2O. The van der Waals surface area contributed by atoms with Gasteiger partial charge < -0.3 is 10.6 Å². The molecule has 3 nitrogen and oxygen atoms in total. The molecule has 1 aliphatic carbocycles. The molecule has 0 aliphatic heterocycles. The van der Waals surface area contributed by atoms with Gasteiger partial charge in [-0.15, -0.1) is 0 Å². The molecule has 1 saturated carbocycles. The van der Waals surface area contributed by atoms with Crippen LogP contribution in [0.25, 0.3) is 0 Å². The monoisotopic (exact) mass is 260 g/mol. The zero-order chi connectivity index (χ0) is 14.2. The fourth-order valence-electron chi connectivity index (χ4n) is 3.32. The van der Waals surface area contributed by atoms with Crippen molar-refractivity contribution in [2.45, 2.75) is 33.6 Å². The molecule has 2 rings (SSSR count). The van der Waals surface area contributed by atoms with E-state index in [0.29, 0.717) is 12.5 Å². The molecule has 1 aromatic rings. The van der Waals surface area contributed by atoms with E-state index in [9.17, 15) is 4.79 Å². The summed E-state index contributed by atoms with van der Waals surface area (Å²) >= 11 is 0. The summed E-state index contributed by atoms with van der Waals surface area (Å²) in [5.74, 6) is 0.776. The topological polar surface area (TPSA) is 46.3 Å². The Morgan fingerprint density at radius 3 is 2.26 bits per heavy atom. The predicted octanol–water partition coefficient (Wildman–Crippen LogP) is 2.64. The minimum atomic E-state index is -0.328. The van der Waals surface area contributed by atoms with Gasteiger partial charge in [-0.1, -0.05) is 13.0 Å². The van der Waals surface area contributed by atoms with Crippen LogP contribution in [0.3, 0.4) is 0 Å². The lowest BCUT2D eigenvalue weighted by atomic mass is 9.62. The lowest BCUT2D eigenvalue weighted by Crippen LogP contribution is -2.54. The minimum absolute atomic E-state index is 0.165. The van der Waals surface area contributed by atoms with E-state index >= 15 is 0 Å². The van der Waals surface area contributed by atoms with Crippen molar-refractivity contribution in [1.29, 1.82) is 0 Å². The van der Waals surface area contributed by atoms with Crippen molar-refractivity contribution in [3.8, 4) is 0 Å². The molecule has 0 atom stereocenters. The molecule has 0 saturated heterocycles. The first-order valence-corrected chi connectivity index (χ1v) is 6.94. The Balaban J connectivity index is 2.23. The van der Waals surface area contributed by atoms with Crippen molar-refractivity contribution in [3.63, 3.8) is 0 Å². The molecule has 1 aliphatic rings. The molecule has 0 heterocycles. The number of nitrogens with zero attached hydrogens (tertiary/aromatic N) is 1. The van der Waals surface area contributed by atoms with Gasteiger partial charge in [0.15, 0.2) is 0 Å². The fraction of sp³-hybridized carbons (Fsp3) is 0.562. The van der Waals surface area contributed by atoms with Gasteiger partial charge in [0, 0.05) is 19.3 Å². The molecule has 19 heavy (non-hydrogen) atoms. The standard InChI is InChI=1S/C16H24N2O/c1-11-5-12(2)7-14(6-11)18(4)15(19)16(10-17)8-13(3)9-16/h5-7,13H,8-10,17H2,1-4H3. The summed E-state index contributed by atoms with van der Waals surface area (Å²) in [6, 6.07) is 6.22. The zero-order valence-corrected chi connectivity index (χ0v) is 12.4. The lowest BCUT2D eigenvalue weighted by Gasteiger charge is -2.46. The normalized spacial score (nSPS) is 25.8. The number of hydrogen-bond donors (Lipinski definition) is 1. The van der Waals surface area contributed by atoms with Crippen LogP contribution in [0, 0.1) is 25.2 Å². The quantitative estimate of drug-likeness (QED) is 0.908. The van der Waals surface area contributed by atoms with Crippen LogP contribution in [0.5, 0.6) is 0 Å². The van der Waals surface area contributed by atoms with Crippen LogP contribution < -0.4 is 10.6 Å². The van der Waals surface area contributed by atoms with E-state index in [0.717, 1.165) is 18.5 Å². The van der Waals surface area contributed by atoms with Gasteiger partial charge in [0.25, 0.3) is 0 Å². The molecule has 0 aromatic heterocycles. The van der Waals surface area contributed by atoms with Gasteiger partial charge in [-0.25, -0.2) is 0 Å². The SMILES string of the molecule is Cc1cc(C)cc(N(C)C(=O)C2(CN)CC(C)C2)c1. The summed E-state index contributed by atoms with van der Waals surface area (Å²) in [5, 5.41) is 0. The highest BCUT2D eigenvalue weighted by Gasteiger charge is 2.48. The van der Waals surface area contributed by atoms with Gasteiger partial charge in [-0.05, 0) is 55.9 Å². The minimum Gasteiger partial charge on any atom is -0.329 e. The van der Waals surface area contributed by atoms with Gasteiger partial charge in [0.05, 0.1) is 5.41 Å².